The molecule has 0 atom stereocenters. The molecule has 0 saturated carbocycles. The molecule has 0 aliphatic carbocycles. The maximum absolute atomic E-state index is 3.90. The van der Waals surface area contributed by atoms with E-state index in [2.05, 4.69) is 21.5 Å². The third kappa shape index (κ3) is 1.50. The zero-order valence-electron chi connectivity index (χ0n) is 6.49. The number of nitrogens with zero attached hydrogens (tertiary/aromatic N) is 2. The van der Waals surface area contributed by atoms with Crippen molar-refractivity contribution in [3.05, 3.63) is 47.8 Å². The quantitative estimate of drug-likeness (QED) is 0.713. The van der Waals surface area contributed by atoms with Gasteiger partial charge in [-0.2, -0.15) is 0 Å². The Bertz CT molecular complexity index is 326. The highest BCUT2D eigenvalue weighted by Crippen LogP contribution is 2.03. The van der Waals surface area contributed by atoms with Crippen molar-refractivity contribution in [2.24, 2.45) is 0 Å². The second kappa shape index (κ2) is 3.17. The van der Waals surface area contributed by atoms with Gasteiger partial charge in [0.25, 0.3) is 0 Å². The minimum Gasteiger partial charge on any atom is -0.265 e. The molecule has 3 heteroatoms. The van der Waals surface area contributed by atoms with Crippen LogP contribution in [0.15, 0.2) is 30.5 Å². The zero-order valence-corrected chi connectivity index (χ0v) is 6.49. The molecule has 0 fully saturated rings. The first-order valence-corrected chi connectivity index (χ1v) is 3.75. The molecule has 0 spiro atoms. The van der Waals surface area contributed by atoms with Crippen LogP contribution in [0.3, 0.4) is 0 Å². The molecule has 3 nitrogen and oxygen atoms in total. The molecule has 0 saturated heterocycles. The van der Waals surface area contributed by atoms with Crippen molar-refractivity contribution in [1.82, 2.24) is 15.4 Å². The Morgan fingerprint density at radius 1 is 1.33 bits per heavy atom. The average molecular weight is 158 g/mol. The fourth-order valence-electron chi connectivity index (χ4n) is 1.06. The van der Waals surface area contributed by atoms with Crippen LogP contribution in [0.4, 0.5) is 0 Å². The maximum Gasteiger partial charge on any atom is 0.0868 e. The van der Waals surface area contributed by atoms with Crippen LogP contribution in [0.25, 0.3) is 0 Å². The number of aromatic nitrogens is 3. The Balaban J connectivity index is 2.15. The van der Waals surface area contributed by atoms with Crippen molar-refractivity contribution in [3.63, 3.8) is 0 Å². The van der Waals surface area contributed by atoms with Gasteiger partial charge in [-0.3, -0.25) is 5.10 Å². The van der Waals surface area contributed by atoms with Gasteiger partial charge in [-0.15, -0.1) is 5.10 Å². The lowest BCUT2D eigenvalue weighted by Gasteiger charge is -1.94. The summed E-state index contributed by atoms with van der Waals surface area (Å²) >= 11 is 0. The van der Waals surface area contributed by atoms with E-state index in [9.17, 15) is 0 Å². The number of hydrogen-bond acceptors (Lipinski definition) is 2. The maximum atomic E-state index is 3.90. The third-order valence-electron chi connectivity index (χ3n) is 1.64. The molecular weight excluding hydrogens is 150 g/mol. The molecule has 2 rings (SSSR count). The van der Waals surface area contributed by atoms with Gasteiger partial charge >= 0.3 is 0 Å². The predicted octanol–water partition coefficient (Wildman–Crippen LogP) is 1.20. The molecule has 59 valence electrons. The number of benzene rings is 1. The van der Waals surface area contributed by atoms with Gasteiger partial charge in [-0.25, -0.2) is 0 Å². The molecule has 1 N–H and O–H groups in total. The normalized spacial score (nSPS) is 10.0. The van der Waals surface area contributed by atoms with E-state index in [1.165, 1.54) is 5.56 Å². The summed E-state index contributed by atoms with van der Waals surface area (Å²) in [6, 6.07) is 10.8. The van der Waals surface area contributed by atoms with Crippen molar-refractivity contribution >= 4 is 0 Å². The summed E-state index contributed by atoms with van der Waals surface area (Å²) < 4.78 is 0. The second-order valence-electron chi connectivity index (χ2n) is 2.55. The number of hydrogen-bond donors (Lipinski definition) is 1. The van der Waals surface area contributed by atoms with E-state index in [1.807, 2.05) is 24.3 Å². The number of rotatable bonds is 2. The van der Waals surface area contributed by atoms with Crippen LogP contribution >= 0.6 is 0 Å². The van der Waals surface area contributed by atoms with E-state index in [4.69, 9.17) is 0 Å². The van der Waals surface area contributed by atoms with Gasteiger partial charge in [0, 0.05) is 12.6 Å². The molecule has 12 heavy (non-hydrogen) atoms. The van der Waals surface area contributed by atoms with Crippen LogP contribution in [0, 0.1) is 6.07 Å². The van der Waals surface area contributed by atoms with Crippen LogP contribution in [-0.2, 0) is 6.42 Å². The van der Waals surface area contributed by atoms with Crippen molar-refractivity contribution in [2.75, 3.05) is 0 Å². The van der Waals surface area contributed by atoms with Crippen molar-refractivity contribution in [3.8, 4) is 0 Å². The van der Waals surface area contributed by atoms with Gasteiger partial charge in [0.2, 0.25) is 0 Å². The van der Waals surface area contributed by atoms with Crippen LogP contribution < -0.4 is 0 Å². The molecule has 0 unspecified atom stereocenters. The summed E-state index contributed by atoms with van der Waals surface area (Å²) in [7, 11) is 0. The Morgan fingerprint density at radius 2 is 2.17 bits per heavy atom. The van der Waals surface area contributed by atoms with Gasteiger partial charge in [-0.1, -0.05) is 29.5 Å². The molecule has 0 aliphatic heterocycles. The third-order valence-corrected chi connectivity index (χ3v) is 1.64. The minimum absolute atomic E-state index is 0.825. The van der Waals surface area contributed by atoms with Crippen LogP contribution in [0.1, 0.15) is 11.3 Å². The molecular formula is C9H8N3. The van der Waals surface area contributed by atoms with E-state index >= 15 is 0 Å². The SMILES string of the molecule is [c]1ccc(Cc2c[nH]nn2)cc1. The van der Waals surface area contributed by atoms with E-state index in [0.717, 1.165) is 12.1 Å². The highest BCUT2D eigenvalue weighted by molar-refractivity contribution is 5.18. The standard InChI is InChI=1S/C9H8N3/c1-2-4-8(5-3-1)6-9-7-10-12-11-9/h2-5,7H,6H2,(H,10,11,12). The molecule has 1 aromatic heterocycles. The molecule has 1 heterocycles. The predicted molar refractivity (Wildman–Crippen MR) is 44.5 cm³/mol. The monoisotopic (exact) mass is 158 g/mol. The van der Waals surface area contributed by atoms with E-state index < -0.39 is 0 Å². The lowest BCUT2D eigenvalue weighted by molar-refractivity contribution is 0.915. The van der Waals surface area contributed by atoms with Gasteiger partial charge < -0.3 is 0 Å². The largest absolute Gasteiger partial charge is 0.265 e. The first-order chi connectivity index (χ1) is 5.95. The highest BCUT2D eigenvalue weighted by atomic mass is 15.3. The molecule has 0 bridgehead atoms. The molecule has 0 aliphatic rings. The Labute approximate surface area is 70.4 Å². The molecule has 1 aromatic carbocycles. The number of H-pyrrole nitrogens is 1. The fraction of sp³-hybridized carbons (Fsp3) is 0.111. The highest BCUT2D eigenvalue weighted by Gasteiger charge is 1.96. The second-order valence-corrected chi connectivity index (χ2v) is 2.55. The summed E-state index contributed by atoms with van der Waals surface area (Å²) in [5.74, 6) is 0. The lowest BCUT2D eigenvalue weighted by Crippen LogP contribution is -1.87. The summed E-state index contributed by atoms with van der Waals surface area (Å²) in [4.78, 5) is 0. The summed E-state index contributed by atoms with van der Waals surface area (Å²) in [5.41, 5.74) is 2.18. The van der Waals surface area contributed by atoms with Gasteiger partial charge in [-0.05, 0) is 11.6 Å². The Kier molecular flexibility index (Phi) is 1.86. The summed E-state index contributed by atoms with van der Waals surface area (Å²) in [6.07, 6.45) is 2.63. The fourth-order valence-corrected chi connectivity index (χ4v) is 1.06. The minimum atomic E-state index is 0.825. The smallest absolute Gasteiger partial charge is 0.0868 e. The number of aromatic amines is 1. The van der Waals surface area contributed by atoms with Gasteiger partial charge in [0.1, 0.15) is 0 Å². The van der Waals surface area contributed by atoms with Crippen molar-refractivity contribution < 1.29 is 0 Å². The Hall–Kier alpha value is -1.64. The number of nitrogens with one attached hydrogen (secondary N) is 1. The summed E-state index contributed by atoms with van der Waals surface area (Å²) in [5, 5.41) is 10.2. The first-order valence-electron chi connectivity index (χ1n) is 3.75. The molecule has 2 aromatic rings. The molecule has 0 amide bonds. The average Bonchev–Trinajstić information content (AvgIpc) is 2.59. The van der Waals surface area contributed by atoms with E-state index in [0.29, 0.717) is 0 Å². The zero-order chi connectivity index (χ0) is 8.23. The van der Waals surface area contributed by atoms with Crippen molar-refractivity contribution in [2.45, 2.75) is 6.42 Å². The van der Waals surface area contributed by atoms with Gasteiger partial charge in [0.15, 0.2) is 0 Å². The first kappa shape index (κ1) is 7.03. The van der Waals surface area contributed by atoms with Crippen molar-refractivity contribution in [1.29, 1.82) is 0 Å². The van der Waals surface area contributed by atoms with Crippen LogP contribution in [0.2, 0.25) is 0 Å². The summed E-state index contributed by atoms with van der Waals surface area (Å²) in [6.45, 7) is 0. The van der Waals surface area contributed by atoms with E-state index in [-0.39, 0.29) is 0 Å². The van der Waals surface area contributed by atoms with E-state index in [1.54, 1.807) is 6.20 Å². The molecule has 1 radical (unpaired) electrons. The van der Waals surface area contributed by atoms with Crippen LogP contribution in [-0.4, -0.2) is 15.4 Å². The van der Waals surface area contributed by atoms with Crippen LogP contribution in [0.5, 0.6) is 0 Å². The Morgan fingerprint density at radius 3 is 2.83 bits per heavy atom. The lowest BCUT2D eigenvalue weighted by atomic mass is 10.1. The van der Waals surface area contributed by atoms with Gasteiger partial charge in [0.05, 0.1) is 5.69 Å². The topological polar surface area (TPSA) is 41.6 Å².